The molecule has 3 rings (SSSR count). The van der Waals surface area contributed by atoms with Gasteiger partial charge in [-0.05, 0) is 43.5 Å². The van der Waals surface area contributed by atoms with Gasteiger partial charge in [-0.3, -0.25) is 4.79 Å². The molecule has 1 saturated carbocycles. The van der Waals surface area contributed by atoms with Crippen molar-refractivity contribution in [1.29, 1.82) is 0 Å². The Morgan fingerprint density at radius 1 is 1.17 bits per heavy atom. The lowest BCUT2D eigenvalue weighted by atomic mass is 10.1. The first-order valence-corrected chi connectivity index (χ1v) is 8.11. The normalized spacial score (nSPS) is 15.1. The van der Waals surface area contributed by atoms with Crippen molar-refractivity contribution in [2.45, 2.75) is 32.4 Å². The molecule has 126 valence electrons. The van der Waals surface area contributed by atoms with Crippen LogP contribution in [0.2, 0.25) is 0 Å². The Bertz CT molecular complexity index is 727. The van der Waals surface area contributed by atoms with Crippen LogP contribution in [0.15, 0.2) is 42.5 Å². The van der Waals surface area contributed by atoms with Gasteiger partial charge >= 0.3 is 0 Å². The Kier molecular flexibility index (Phi) is 4.90. The van der Waals surface area contributed by atoms with Crippen molar-refractivity contribution in [3.8, 4) is 0 Å². The molecule has 0 unspecified atom stereocenters. The van der Waals surface area contributed by atoms with Gasteiger partial charge in [0.25, 0.3) is 0 Å². The highest BCUT2D eigenvalue weighted by atomic mass is 19.1. The number of benzene rings is 2. The number of carbonyl (C=O) groups excluding carboxylic acids is 1. The summed E-state index contributed by atoms with van der Waals surface area (Å²) >= 11 is 0. The maximum absolute atomic E-state index is 13.6. The van der Waals surface area contributed by atoms with Crippen molar-refractivity contribution >= 4 is 11.6 Å². The summed E-state index contributed by atoms with van der Waals surface area (Å²) < 4.78 is 26.5. The fraction of sp³-hybridized carbons (Fsp3) is 0.316. The molecule has 0 spiro atoms. The summed E-state index contributed by atoms with van der Waals surface area (Å²) in [4.78, 5) is 11.7. The van der Waals surface area contributed by atoms with Gasteiger partial charge < -0.3 is 10.6 Å². The molecular weight excluding hydrogens is 310 g/mol. The van der Waals surface area contributed by atoms with Crippen LogP contribution in [0.1, 0.15) is 36.9 Å². The van der Waals surface area contributed by atoms with Gasteiger partial charge in [0, 0.05) is 35.8 Å². The van der Waals surface area contributed by atoms with Crippen LogP contribution in [0, 0.1) is 17.6 Å². The van der Waals surface area contributed by atoms with Crippen molar-refractivity contribution in [1.82, 2.24) is 5.32 Å². The first kappa shape index (κ1) is 16.6. The van der Waals surface area contributed by atoms with Crippen LogP contribution in [0.25, 0.3) is 0 Å². The van der Waals surface area contributed by atoms with E-state index >= 15 is 0 Å². The predicted octanol–water partition coefficient (Wildman–Crippen LogP) is 4.16. The lowest BCUT2D eigenvalue weighted by Gasteiger charge is -2.15. The van der Waals surface area contributed by atoms with Crippen LogP contribution < -0.4 is 10.6 Å². The minimum Gasteiger partial charge on any atom is -0.326 e. The zero-order valence-corrected chi connectivity index (χ0v) is 13.5. The van der Waals surface area contributed by atoms with Gasteiger partial charge in [0.15, 0.2) is 0 Å². The van der Waals surface area contributed by atoms with Gasteiger partial charge in [0.05, 0.1) is 0 Å². The smallest absolute Gasteiger partial charge is 0.227 e. The molecule has 1 fully saturated rings. The molecule has 0 aromatic heterocycles. The minimum atomic E-state index is -0.576. The monoisotopic (exact) mass is 330 g/mol. The summed E-state index contributed by atoms with van der Waals surface area (Å²) in [6.45, 7) is 2.28. The van der Waals surface area contributed by atoms with E-state index in [0.29, 0.717) is 12.1 Å². The van der Waals surface area contributed by atoms with Crippen LogP contribution in [0.5, 0.6) is 0 Å². The second-order valence-electron chi connectivity index (χ2n) is 6.22. The molecule has 2 aromatic carbocycles. The highest BCUT2D eigenvalue weighted by molar-refractivity contribution is 5.94. The van der Waals surface area contributed by atoms with Crippen LogP contribution >= 0.6 is 0 Å². The van der Waals surface area contributed by atoms with Crippen LogP contribution in [-0.2, 0) is 11.3 Å². The van der Waals surface area contributed by atoms with E-state index < -0.39 is 11.6 Å². The van der Waals surface area contributed by atoms with E-state index in [0.717, 1.165) is 30.2 Å². The summed E-state index contributed by atoms with van der Waals surface area (Å²) in [5.74, 6) is -0.863. The van der Waals surface area contributed by atoms with Crippen molar-refractivity contribution in [2.24, 2.45) is 5.92 Å². The molecule has 1 aliphatic rings. The second-order valence-corrected chi connectivity index (χ2v) is 6.22. The molecule has 0 saturated heterocycles. The number of hydrogen-bond acceptors (Lipinski definition) is 2. The number of amides is 1. The summed E-state index contributed by atoms with van der Waals surface area (Å²) in [5, 5.41) is 6.11. The van der Waals surface area contributed by atoms with Gasteiger partial charge in [-0.1, -0.05) is 18.2 Å². The van der Waals surface area contributed by atoms with Crippen molar-refractivity contribution in [3.05, 3.63) is 65.2 Å². The molecule has 0 radical (unpaired) electrons. The SMILES string of the molecule is C[C@@H](NCc1ccc(F)cc1F)c1ccc(NC(=O)C2CC2)cc1. The highest BCUT2D eigenvalue weighted by Gasteiger charge is 2.29. The Hall–Kier alpha value is -2.27. The summed E-state index contributed by atoms with van der Waals surface area (Å²) in [6.07, 6.45) is 1.95. The van der Waals surface area contributed by atoms with Crippen molar-refractivity contribution in [3.63, 3.8) is 0 Å². The fourth-order valence-electron chi connectivity index (χ4n) is 2.49. The van der Waals surface area contributed by atoms with Crippen molar-refractivity contribution in [2.75, 3.05) is 5.32 Å². The van der Waals surface area contributed by atoms with Crippen molar-refractivity contribution < 1.29 is 13.6 Å². The summed E-state index contributed by atoms with van der Waals surface area (Å²) in [6, 6.07) is 11.2. The highest BCUT2D eigenvalue weighted by Crippen LogP contribution is 2.30. The quantitative estimate of drug-likeness (QED) is 0.835. The molecule has 0 bridgehead atoms. The molecule has 2 N–H and O–H groups in total. The number of anilines is 1. The van der Waals surface area contributed by atoms with Gasteiger partial charge in [-0.2, -0.15) is 0 Å². The van der Waals surface area contributed by atoms with E-state index in [1.54, 1.807) is 0 Å². The van der Waals surface area contributed by atoms with Gasteiger partial charge in [0.2, 0.25) is 5.91 Å². The number of carbonyl (C=O) groups is 1. The second kappa shape index (κ2) is 7.09. The van der Waals surface area contributed by atoms with E-state index in [4.69, 9.17) is 0 Å². The molecule has 2 aromatic rings. The maximum atomic E-state index is 13.6. The van der Waals surface area contributed by atoms with Gasteiger partial charge in [0.1, 0.15) is 11.6 Å². The van der Waals surface area contributed by atoms with E-state index in [-0.39, 0.29) is 17.9 Å². The zero-order valence-electron chi connectivity index (χ0n) is 13.5. The van der Waals surface area contributed by atoms with E-state index in [9.17, 15) is 13.6 Å². The molecule has 1 atom stereocenters. The van der Waals surface area contributed by atoms with Gasteiger partial charge in [-0.25, -0.2) is 8.78 Å². The van der Waals surface area contributed by atoms with Crippen LogP contribution in [0.3, 0.4) is 0 Å². The Morgan fingerprint density at radius 2 is 1.88 bits per heavy atom. The zero-order chi connectivity index (χ0) is 17.1. The lowest BCUT2D eigenvalue weighted by Crippen LogP contribution is -2.19. The number of rotatable bonds is 6. The number of hydrogen-bond donors (Lipinski definition) is 2. The Labute approximate surface area is 140 Å². The fourth-order valence-corrected chi connectivity index (χ4v) is 2.49. The maximum Gasteiger partial charge on any atom is 0.227 e. The molecule has 1 aliphatic carbocycles. The molecule has 0 heterocycles. The van der Waals surface area contributed by atoms with Crippen LogP contribution in [-0.4, -0.2) is 5.91 Å². The predicted molar refractivity (Wildman–Crippen MR) is 89.4 cm³/mol. The molecular formula is C19H20F2N2O. The third-order valence-electron chi connectivity index (χ3n) is 4.24. The average molecular weight is 330 g/mol. The lowest BCUT2D eigenvalue weighted by molar-refractivity contribution is -0.117. The number of halogens is 2. The van der Waals surface area contributed by atoms with E-state index in [1.165, 1.54) is 12.1 Å². The van der Waals surface area contributed by atoms with E-state index in [1.807, 2.05) is 31.2 Å². The Morgan fingerprint density at radius 3 is 2.50 bits per heavy atom. The summed E-state index contributed by atoms with van der Waals surface area (Å²) in [5.41, 5.74) is 2.24. The molecule has 5 heteroatoms. The molecule has 0 aliphatic heterocycles. The topological polar surface area (TPSA) is 41.1 Å². The minimum absolute atomic E-state index is 0.00244. The first-order valence-electron chi connectivity index (χ1n) is 8.11. The molecule has 3 nitrogen and oxygen atoms in total. The largest absolute Gasteiger partial charge is 0.326 e. The molecule has 24 heavy (non-hydrogen) atoms. The average Bonchev–Trinajstić information content (AvgIpc) is 3.39. The standard InChI is InChI=1S/C19H20F2N2O/c1-12(22-11-15-4-7-16(20)10-18(15)21)13-5-8-17(9-6-13)23-19(24)14-2-3-14/h4-10,12,14,22H,2-3,11H2,1H3,(H,23,24)/t12-/m1/s1. The molecule has 1 amide bonds. The Balaban J connectivity index is 1.56. The van der Waals surface area contributed by atoms with Crippen LogP contribution in [0.4, 0.5) is 14.5 Å². The van der Waals surface area contributed by atoms with E-state index in [2.05, 4.69) is 10.6 Å². The summed E-state index contributed by atoms with van der Waals surface area (Å²) in [7, 11) is 0. The third-order valence-corrected chi connectivity index (χ3v) is 4.24. The van der Waals surface area contributed by atoms with Gasteiger partial charge in [-0.15, -0.1) is 0 Å². The third kappa shape index (κ3) is 4.17. The number of nitrogens with one attached hydrogen (secondary N) is 2. The first-order chi connectivity index (χ1) is 11.5.